The van der Waals surface area contributed by atoms with Crippen LogP contribution in [0.5, 0.6) is 5.75 Å². The molecule has 0 fully saturated rings. The Hall–Kier alpha value is -2.45. The van der Waals surface area contributed by atoms with Crippen LogP contribution in [-0.4, -0.2) is 28.7 Å². The van der Waals surface area contributed by atoms with Crippen LogP contribution in [0.4, 0.5) is 13.2 Å². The van der Waals surface area contributed by atoms with Crippen LogP contribution in [0, 0.1) is 11.3 Å². The number of carbonyl (C=O) groups is 1. The van der Waals surface area contributed by atoms with E-state index in [1.54, 1.807) is 12.1 Å². The normalized spacial score (nSPS) is 17.4. The highest BCUT2D eigenvalue weighted by atomic mass is 35.5. The third-order valence-electron chi connectivity index (χ3n) is 4.38. The molecular formula is C20H16ClF3N2O4S. The van der Waals surface area contributed by atoms with E-state index in [0.717, 1.165) is 0 Å². The Kier molecular flexibility index (Phi) is 6.71. The first kappa shape index (κ1) is 23.2. The van der Waals surface area contributed by atoms with Crippen LogP contribution < -0.4 is 10.1 Å². The molecule has 1 amide bonds. The lowest BCUT2D eigenvalue weighted by Gasteiger charge is -2.24. The number of benzene rings is 2. The maximum atomic E-state index is 12.5. The van der Waals surface area contributed by atoms with Crippen molar-refractivity contribution in [2.24, 2.45) is 0 Å². The number of halogens is 4. The molecule has 2 aromatic rings. The van der Waals surface area contributed by atoms with Gasteiger partial charge in [0, 0.05) is 16.0 Å². The molecule has 0 saturated heterocycles. The van der Waals surface area contributed by atoms with Gasteiger partial charge in [0.25, 0.3) is 5.91 Å². The molecule has 2 unspecified atom stereocenters. The second-order valence-electron chi connectivity index (χ2n) is 6.87. The molecule has 1 heterocycles. The van der Waals surface area contributed by atoms with Crippen molar-refractivity contribution in [3.63, 3.8) is 0 Å². The number of fused-ring (bicyclic) bond motifs is 1. The Balaban J connectivity index is 1.67. The Morgan fingerprint density at radius 3 is 2.65 bits per heavy atom. The number of hydrogen-bond donors (Lipinski definition) is 2. The summed E-state index contributed by atoms with van der Waals surface area (Å²) < 4.78 is 48.0. The van der Waals surface area contributed by atoms with E-state index >= 15 is 0 Å². The number of nitriles is 1. The van der Waals surface area contributed by atoms with Crippen molar-refractivity contribution < 1.29 is 32.5 Å². The fourth-order valence-electron chi connectivity index (χ4n) is 2.82. The van der Waals surface area contributed by atoms with Gasteiger partial charge in [0.2, 0.25) is 0 Å². The van der Waals surface area contributed by atoms with E-state index in [1.165, 1.54) is 31.2 Å². The van der Waals surface area contributed by atoms with E-state index in [1.807, 2.05) is 6.07 Å². The van der Waals surface area contributed by atoms with Gasteiger partial charge in [-0.05, 0) is 54.6 Å². The minimum absolute atomic E-state index is 0.0622. The van der Waals surface area contributed by atoms with Gasteiger partial charge >= 0.3 is 5.51 Å². The van der Waals surface area contributed by atoms with E-state index in [4.69, 9.17) is 21.1 Å². The number of carbonyl (C=O) groups excluding carboxylic acids is 1. The summed E-state index contributed by atoms with van der Waals surface area (Å²) in [5.74, 6) is -0.450. The van der Waals surface area contributed by atoms with Crippen molar-refractivity contribution in [3.8, 4) is 11.8 Å². The molecule has 0 spiro atoms. The van der Waals surface area contributed by atoms with Crippen molar-refractivity contribution >= 4 is 29.3 Å². The van der Waals surface area contributed by atoms with Gasteiger partial charge in [-0.1, -0.05) is 17.7 Å². The van der Waals surface area contributed by atoms with Gasteiger partial charge < -0.3 is 19.9 Å². The summed E-state index contributed by atoms with van der Waals surface area (Å²) in [4.78, 5) is 12.4. The van der Waals surface area contributed by atoms with Gasteiger partial charge in [-0.3, -0.25) is 4.79 Å². The number of nitrogens with zero attached hydrogens (tertiary/aromatic N) is 1. The van der Waals surface area contributed by atoms with E-state index in [2.05, 4.69) is 5.32 Å². The monoisotopic (exact) mass is 472 g/mol. The van der Waals surface area contributed by atoms with Crippen LogP contribution in [0.3, 0.4) is 0 Å². The third-order valence-corrected chi connectivity index (χ3v) is 5.51. The summed E-state index contributed by atoms with van der Waals surface area (Å²) in [6.07, 6.45) is -1.17. The van der Waals surface area contributed by atoms with Gasteiger partial charge in [-0.15, -0.1) is 0 Å². The molecule has 0 bridgehead atoms. The van der Waals surface area contributed by atoms with Crippen molar-refractivity contribution in [2.45, 2.75) is 35.8 Å². The average molecular weight is 473 g/mol. The molecule has 164 valence electrons. The van der Waals surface area contributed by atoms with E-state index in [9.17, 15) is 28.3 Å². The number of rotatable bonds is 6. The molecule has 3 rings (SSSR count). The lowest BCUT2D eigenvalue weighted by atomic mass is 10.0. The van der Waals surface area contributed by atoms with Gasteiger partial charge in [0.05, 0.1) is 17.7 Å². The van der Waals surface area contributed by atoms with Gasteiger partial charge in [-0.2, -0.15) is 18.4 Å². The zero-order valence-corrected chi connectivity index (χ0v) is 17.6. The molecule has 0 aliphatic carbocycles. The number of ether oxygens (including phenoxy) is 2. The van der Waals surface area contributed by atoms with Crippen LogP contribution in [0.25, 0.3) is 0 Å². The summed E-state index contributed by atoms with van der Waals surface area (Å²) in [7, 11) is 0. The van der Waals surface area contributed by atoms with Crippen LogP contribution in [-0.2, 0) is 11.3 Å². The predicted molar refractivity (Wildman–Crippen MR) is 107 cm³/mol. The molecule has 11 heteroatoms. The largest absolute Gasteiger partial charge is 0.488 e. The molecule has 0 aromatic heterocycles. The lowest BCUT2D eigenvalue weighted by molar-refractivity contribution is -0.0918. The zero-order valence-electron chi connectivity index (χ0n) is 16.0. The molecule has 6 nitrogen and oxygen atoms in total. The first-order valence-corrected chi connectivity index (χ1v) is 10.0. The van der Waals surface area contributed by atoms with Crippen molar-refractivity contribution in [1.82, 2.24) is 5.32 Å². The highest BCUT2D eigenvalue weighted by Gasteiger charge is 2.31. The number of aliphatic hydroxyl groups excluding tert-OH is 1. The van der Waals surface area contributed by atoms with Crippen LogP contribution in [0.1, 0.15) is 34.7 Å². The van der Waals surface area contributed by atoms with Gasteiger partial charge in [0.15, 0.2) is 11.8 Å². The van der Waals surface area contributed by atoms with Crippen LogP contribution >= 0.6 is 23.4 Å². The molecule has 1 aliphatic heterocycles. The molecule has 2 atom stereocenters. The second kappa shape index (κ2) is 8.96. The Bertz CT molecular complexity index is 1030. The Morgan fingerprint density at radius 1 is 1.35 bits per heavy atom. The fourth-order valence-corrected chi connectivity index (χ4v) is 3.69. The minimum atomic E-state index is -4.43. The summed E-state index contributed by atoms with van der Waals surface area (Å²) in [5.41, 5.74) is -4.70. The standard InChI is InChI=1S/C20H16ClF3N2O4S/c1-19(9-25,10-30-14-7-4-12-8-29-18(28)15(12)16(14)21)26-17(27)11-2-5-13(6-3-11)31-20(22,23)24/h2-7,18,28H,8,10H2,1H3,(H,26,27). The zero-order chi connectivity index (χ0) is 22.8. The second-order valence-corrected chi connectivity index (χ2v) is 8.39. The quantitative estimate of drug-likeness (QED) is 0.599. The first-order chi connectivity index (χ1) is 14.5. The van der Waals surface area contributed by atoms with Crippen molar-refractivity contribution in [3.05, 3.63) is 58.1 Å². The lowest BCUT2D eigenvalue weighted by Crippen LogP contribution is -2.49. The minimum Gasteiger partial charge on any atom is -0.488 e. The fraction of sp³-hybridized carbons (Fsp3) is 0.300. The summed E-state index contributed by atoms with van der Waals surface area (Å²) in [5, 5.41) is 22.0. The SMILES string of the molecule is CC(C#N)(COc1ccc2c(c1Cl)C(O)OC2)NC(=O)c1ccc(SC(F)(F)F)cc1. The molecule has 2 aromatic carbocycles. The number of hydrogen-bond acceptors (Lipinski definition) is 6. The van der Waals surface area contributed by atoms with Gasteiger partial charge in [0.1, 0.15) is 12.4 Å². The third kappa shape index (κ3) is 5.62. The number of nitrogens with one attached hydrogen (secondary N) is 1. The highest BCUT2D eigenvalue weighted by molar-refractivity contribution is 8.00. The van der Waals surface area contributed by atoms with E-state index < -0.39 is 23.2 Å². The predicted octanol–water partition coefficient (Wildman–Crippen LogP) is 4.56. The molecule has 0 saturated carbocycles. The van der Waals surface area contributed by atoms with E-state index in [0.29, 0.717) is 11.1 Å². The highest BCUT2D eigenvalue weighted by Crippen LogP contribution is 2.40. The summed E-state index contributed by atoms with van der Waals surface area (Å²) in [6, 6.07) is 10.0. The summed E-state index contributed by atoms with van der Waals surface area (Å²) >= 11 is 5.98. The molecule has 1 aliphatic rings. The summed E-state index contributed by atoms with van der Waals surface area (Å²) in [6.45, 7) is 1.37. The Morgan fingerprint density at radius 2 is 2.03 bits per heavy atom. The molecular weight excluding hydrogens is 457 g/mol. The van der Waals surface area contributed by atoms with E-state index in [-0.39, 0.29) is 46.2 Å². The number of amides is 1. The van der Waals surface area contributed by atoms with Crippen LogP contribution in [0.15, 0.2) is 41.3 Å². The molecule has 2 N–H and O–H groups in total. The van der Waals surface area contributed by atoms with Gasteiger partial charge in [-0.25, -0.2) is 0 Å². The van der Waals surface area contributed by atoms with Crippen molar-refractivity contribution in [2.75, 3.05) is 6.61 Å². The number of aliphatic hydroxyl groups is 1. The maximum absolute atomic E-state index is 12.5. The number of alkyl halides is 3. The van der Waals surface area contributed by atoms with Crippen molar-refractivity contribution in [1.29, 1.82) is 5.26 Å². The molecule has 31 heavy (non-hydrogen) atoms. The first-order valence-electron chi connectivity index (χ1n) is 8.85. The smallest absolute Gasteiger partial charge is 0.446 e. The topological polar surface area (TPSA) is 91.6 Å². The maximum Gasteiger partial charge on any atom is 0.446 e. The van der Waals surface area contributed by atoms with Crippen LogP contribution in [0.2, 0.25) is 5.02 Å². The molecule has 0 radical (unpaired) electrons. The Labute approximate surface area is 184 Å². The average Bonchev–Trinajstić information content (AvgIpc) is 3.08. The number of thioether (sulfide) groups is 1.